The number of nitrogens with one attached hydrogen (secondary N) is 1. The van der Waals surface area contributed by atoms with E-state index in [-0.39, 0.29) is 0 Å². The second-order valence-corrected chi connectivity index (χ2v) is 5.09. The molecule has 2 aromatic rings. The summed E-state index contributed by atoms with van der Waals surface area (Å²) in [6.45, 7) is 8.36. The number of benzene rings is 1. The van der Waals surface area contributed by atoms with E-state index in [1.54, 1.807) is 7.11 Å². The second kappa shape index (κ2) is 5.05. The average Bonchev–Trinajstić information content (AvgIpc) is 2.37. The summed E-state index contributed by atoms with van der Waals surface area (Å²) in [6.07, 6.45) is 0. The van der Waals surface area contributed by atoms with Gasteiger partial charge in [0.15, 0.2) is 0 Å². The number of hydrogen-bond donors (Lipinski definition) is 2. The number of aryl methyl sites for hydroxylation is 2. The Balaban J connectivity index is 2.97. The van der Waals surface area contributed by atoms with Gasteiger partial charge in [0, 0.05) is 16.6 Å². The molecule has 0 atom stereocenters. The van der Waals surface area contributed by atoms with Crippen LogP contribution >= 0.6 is 0 Å². The van der Waals surface area contributed by atoms with Crippen molar-refractivity contribution in [3.8, 4) is 5.75 Å². The molecule has 0 amide bonds. The molecule has 4 heteroatoms. The fraction of sp³-hybridized carbons (Fsp3) is 0.400. The normalized spacial score (nSPS) is 11.1. The molecule has 0 saturated carbocycles. The van der Waals surface area contributed by atoms with Crippen LogP contribution in [0, 0.1) is 13.8 Å². The van der Waals surface area contributed by atoms with Crippen LogP contribution in [0.5, 0.6) is 5.75 Å². The molecule has 0 aliphatic heterocycles. The Kier molecular flexibility index (Phi) is 3.62. The molecule has 0 unspecified atom stereocenters. The molecule has 1 aromatic carbocycles. The number of anilines is 1. The lowest BCUT2D eigenvalue weighted by molar-refractivity contribution is 0.418. The molecule has 1 aromatic heterocycles. The maximum Gasteiger partial charge on any atom is 0.145 e. The lowest BCUT2D eigenvalue weighted by Gasteiger charge is -2.19. The number of fused-ring (bicyclic) bond motifs is 1. The van der Waals surface area contributed by atoms with Crippen LogP contribution in [0.3, 0.4) is 0 Å². The van der Waals surface area contributed by atoms with Crippen molar-refractivity contribution in [2.45, 2.75) is 33.6 Å². The highest BCUT2D eigenvalue weighted by Gasteiger charge is 2.18. The van der Waals surface area contributed by atoms with Gasteiger partial charge < -0.3 is 10.2 Å². The van der Waals surface area contributed by atoms with Gasteiger partial charge in [-0.1, -0.05) is 19.9 Å². The monoisotopic (exact) mass is 259 g/mol. The molecule has 0 aliphatic carbocycles. The Hall–Kier alpha value is -1.81. The molecule has 0 fully saturated rings. The van der Waals surface area contributed by atoms with Crippen LogP contribution in [0.1, 0.15) is 36.6 Å². The minimum absolute atomic E-state index is 0.355. The summed E-state index contributed by atoms with van der Waals surface area (Å²) in [5.41, 5.74) is 7.95. The summed E-state index contributed by atoms with van der Waals surface area (Å²) in [4.78, 5) is 4.72. The molecular formula is C15H21N3O. The second-order valence-electron chi connectivity index (χ2n) is 5.09. The molecule has 102 valence electrons. The number of hydrazine groups is 1. The number of nitrogen functional groups attached to an aromatic ring is 1. The molecule has 0 aliphatic rings. The Morgan fingerprint density at radius 2 is 1.95 bits per heavy atom. The third-order valence-electron chi connectivity index (χ3n) is 3.48. The van der Waals surface area contributed by atoms with Crippen LogP contribution in [0.25, 0.3) is 10.9 Å². The Morgan fingerprint density at radius 3 is 2.47 bits per heavy atom. The molecule has 4 nitrogen and oxygen atoms in total. The Labute approximate surface area is 113 Å². The summed E-state index contributed by atoms with van der Waals surface area (Å²) in [6, 6.07) is 3.97. The number of methoxy groups -OCH3 is 1. The smallest absolute Gasteiger partial charge is 0.145 e. The zero-order valence-corrected chi connectivity index (χ0v) is 12.2. The first kappa shape index (κ1) is 13.6. The van der Waals surface area contributed by atoms with Crippen LogP contribution in [-0.2, 0) is 0 Å². The first-order valence-electron chi connectivity index (χ1n) is 6.45. The molecule has 1 heterocycles. The molecule has 0 saturated heterocycles. The van der Waals surface area contributed by atoms with Crippen LogP contribution < -0.4 is 16.0 Å². The molecule has 0 spiro atoms. The Bertz CT molecular complexity index is 621. The maximum absolute atomic E-state index is 5.77. The highest BCUT2D eigenvalue weighted by atomic mass is 16.5. The fourth-order valence-electron chi connectivity index (χ4n) is 2.66. The predicted molar refractivity (Wildman–Crippen MR) is 79.7 cm³/mol. The van der Waals surface area contributed by atoms with Crippen LogP contribution in [0.4, 0.5) is 5.69 Å². The SMILES string of the molecule is COc1ccc(C)c2c(NN)c(C(C)C)c(C)nc12. The largest absolute Gasteiger partial charge is 0.494 e. The van der Waals surface area contributed by atoms with Crippen LogP contribution in [0.15, 0.2) is 12.1 Å². The summed E-state index contributed by atoms with van der Waals surface area (Å²) in [5, 5.41) is 1.04. The highest BCUT2D eigenvalue weighted by molar-refractivity contribution is 5.99. The first-order valence-corrected chi connectivity index (χ1v) is 6.45. The van der Waals surface area contributed by atoms with Crippen molar-refractivity contribution in [2.75, 3.05) is 12.5 Å². The van der Waals surface area contributed by atoms with Crippen molar-refractivity contribution < 1.29 is 4.74 Å². The number of rotatable bonds is 3. The number of nitrogens with two attached hydrogens (primary N) is 1. The van der Waals surface area contributed by atoms with E-state index in [0.717, 1.165) is 39.2 Å². The van der Waals surface area contributed by atoms with Crippen LogP contribution in [-0.4, -0.2) is 12.1 Å². The fourth-order valence-corrected chi connectivity index (χ4v) is 2.66. The minimum atomic E-state index is 0.355. The van der Waals surface area contributed by atoms with Crippen LogP contribution in [0.2, 0.25) is 0 Å². The molecular weight excluding hydrogens is 238 g/mol. The van der Waals surface area contributed by atoms with Crippen molar-refractivity contribution in [2.24, 2.45) is 5.84 Å². The van der Waals surface area contributed by atoms with Crippen molar-refractivity contribution in [3.05, 3.63) is 29.0 Å². The summed E-state index contributed by atoms with van der Waals surface area (Å²) in [7, 11) is 1.66. The van der Waals surface area contributed by atoms with Gasteiger partial charge in [0.25, 0.3) is 0 Å². The molecule has 0 bridgehead atoms. The molecule has 3 N–H and O–H groups in total. The number of hydrogen-bond acceptors (Lipinski definition) is 4. The van der Waals surface area contributed by atoms with E-state index in [1.807, 2.05) is 19.1 Å². The lowest BCUT2D eigenvalue weighted by Crippen LogP contribution is -2.13. The van der Waals surface area contributed by atoms with Crippen molar-refractivity contribution in [3.63, 3.8) is 0 Å². The van der Waals surface area contributed by atoms with Gasteiger partial charge in [0.1, 0.15) is 11.3 Å². The van der Waals surface area contributed by atoms with Gasteiger partial charge in [-0.2, -0.15) is 0 Å². The van der Waals surface area contributed by atoms with Gasteiger partial charge in [0.2, 0.25) is 0 Å². The summed E-state index contributed by atoms with van der Waals surface area (Å²) in [5.74, 6) is 6.89. The van der Waals surface area contributed by atoms with Gasteiger partial charge >= 0.3 is 0 Å². The quantitative estimate of drug-likeness (QED) is 0.656. The number of pyridine rings is 1. The standard InChI is InChI=1S/C15H21N3O/c1-8(2)12-10(4)17-14-11(19-5)7-6-9(3)13(14)15(12)18-16/h6-8H,16H2,1-5H3,(H,17,18). The third kappa shape index (κ3) is 2.12. The number of nitrogens with zero attached hydrogens (tertiary/aromatic N) is 1. The summed E-state index contributed by atoms with van der Waals surface area (Å²) < 4.78 is 5.41. The van der Waals surface area contributed by atoms with Gasteiger partial charge in [-0.3, -0.25) is 5.84 Å². The first-order chi connectivity index (χ1) is 9.01. The third-order valence-corrected chi connectivity index (χ3v) is 3.48. The molecule has 0 radical (unpaired) electrons. The number of aromatic nitrogens is 1. The average molecular weight is 259 g/mol. The van der Waals surface area contributed by atoms with Gasteiger partial charge in [0.05, 0.1) is 12.8 Å². The molecule has 19 heavy (non-hydrogen) atoms. The van der Waals surface area contributed by atoms with E-state index in [1.165, 1.54) is 0 Å². The van der Waals surface area contributed by atoms with Gasteiger partial charge in [-0.15, -0.1) is 0 Å². The number of ether oxygens (including phenoxy) is 1. The van der Waals surface area contributed by atoms with Gasteiger partial charge in [-0.25, -0.2) is 4.98 Å². The van der Waals surface area contributed by atoms with E-state index in [4.69, 9.17) is 15.6 Å². The highest BCUT2D eigenvalue weighted by Crippen LogP contribution is 2.38. The van der Waals surface area contributed by atoms with Crippen molar-refractivity contribution >= 4 is 16.6 Å². The zero-order valence-electron chi connectivity index (χ0n) is 12.2. The summed E-state index contributed by atoms with van der Waals surface area (Å²) >= 11 is 0. The van der Waals surface area contributed by atoms with Crippen molar-refractivity contribution in [1.29, 1.82) is 0 Å². The van der Waals surface area contributed by atoms with E-state index >= 15 is 0 Å². The minimum Gasteiger partial charge on any atom is -0.494 e. The lowest BCUT2D eigenvalue weighted by atomic mass is 9.95. The van der Waals surface area contributed by atoms with E-state index < -0.39 is 0 Å². The molecule has 2 rings (SSSR count). The van der Waals surface area contributed by atoms with E-state index in [0.29, 0.717) is 5.92 Å². The predicted octanol–water partition coefficient (Wildman–Crippen LogP) is 3.27. The van der Waals surface area contributed by atoms with E-state index in [9.17, 15) is 0 Å². The Morgan fingerprint density at radius 1 is 1.26 bits per heavy atom. The van der Waals surface area contributed by atoms with E-state index in [2.05, 4.69) is 26.2 Å². The van der Waals surface area contributed by atoms with Gasteiger partial charge in [-0.05, 0) is 31.4 Å². The zero-order chi connectivity index (χ0) is 14.2. The topological polar surface area (TPSA) is 60.2 Å². The van der Waals surface area contributed by atoms with Crippen molar-refractivity contribution in [1.82, 2.24) is 4.98 Å². The maximum atomic E-state index is 5.77.